The molecular formula is C14H18N2O. The number of aromatic amines is 1. The van der Waals surface area contributed by atoms with Crippen LogP contribution >= 0.6 is 0 Å². The topological polar surface area (TPSA) is 39.3 Å². The van der Waals surface area contributed by atoms with Crippen molar-refractivity contribution >= 4 is 10.9 Å². The van der Waals surface area contributed by atoms with Gasteiger partial charge in [0.2, 0.25) is 0 Å². The highest BCUT2D eigenvalue weighted by Crippen LogP contribution is 2.35. The second-order valence-electron chi connectivity index (χ2n) is 4.97. The molecule has 0 spiro atoms. The van der Waals surface area contributed by atoms with Crippen LogP contribution in [0.3, 0.4) is 0 Å². The highest BCUT2D eigenvalue weighted by atomic mass is 16.3. The molecule has 1 unspecified atom stereocenters. The molecule has 1 fully saturated rings. The molecule has 90 valence electrons. The summed E-state index contributed by atoms with van der Waals surface area (Å²) in [6, 6.07) is 6.02. The van der Waals surface area contributed by atoms with Crippen LogP contribution in [0.5, 0.6) is 5.75 Å². The summed E-state index contributed by atoms with van der Waals surface area (Å²) in [6.07, 6.45) is 5.89. The number of phenols is 1. The van der Waals surface area contributed by atoms with E-state index in [0.717, 1.165) is 17.4 Å². The van der Waals surface area contributed by atoms with Gasteiger partial charge in [-0.15, -0.1) is 0 Å². The SMILES string of the molecule is CN1CCCCC1c1c[nH]c2ccc(O)cc12. The standard InChI is InChI=1S/C14H18N2O/c1-16-7-3-2-4-14(16)12-9-15-13-6-5-10(17)8-11(12)13/h5-6,8-9,14-15,17H,2-4,7H2,1H3. The molecule has 1 atom stereocenters. The smallest absolute Gasteiger partial charge is 0.116 e. The predicted octanol–water partition coefficient (Wildman–Crippen LogP) is 3.03. The quantitative estimate of drug-likeness (QED) is 0.790. The molecule has 3 rings (SSSR count). The predicted molar refractivity (Wildman–Crippen MR) is 69.2 cm³/mol. The number of piperidine rings is 1. The molecule has 1 aromatic carbocycles. The number of fused-ring (bicyclic) bond motifs is 1. The lowest BCUT2D eigenvalue weighted by molar-refractivity contribution is 0.188. The van der Waals surface area contributed by atoms with Crippen LogP contribution in [0.25, 0.3) is 10.9 Å². The summed E-state index contributed by atoms with van der Waals surface area (Å²) in [4.78, 5) is 5.71. The summed E-state index contributed by atoms with van der Waals surface area (Å²) in [5.41, 5.74) is 2.43. The lowest BCUT2D eigenvalue weighted by Gasteiger charge is -2.32. The average Bonchev–Trinajstić information content (AvgIpc) is 2.72. The first kappa shape index (κ1) is 10.7. The fourth-order valence-electron chi connectivity index (χ4n) is 2.87. The van der Waals surface area contributed by atoms with Gasteiger partial charge in [0.1, 0.15) is 5.75 Å². The van der Waals surface area contributed by atoms with Gasteiger partial charge in [0.15, 0.2) is 0 Å². The summed E-state index contributed by atoms with van der Waals surface area (Å²) >= 11 is 0. The third-order valence-electron chi connectivity index (χ3n) is 3.83. The van der Waals surface area contributed by atoms with Crippen LogP contribution in [0.2, 0.25) is 0 Å². The largest absolute Gasteiger partial charge is 0.508 e. The van der Waals surface area contributed by atoms with Crippen LogP contribution in [0.4, 0.5) is 0 Å². The normalized spacial score (nSPS) is 22.1. The first-order valence-corrected chi connectivity index (χ1v) is 6.26. The Morgan fingerprint density at radius 3 is 3.06 bits per heavy atom. The third-order valence-corrected chi connectivity index (χ3v) is 3.83. The highest BCUT2D eigenvalue weighted by Gasteiger charge is 2.23. The number of nitrogens with one attached hydrogen (secondary N) is 1. The fourth-order valence-corrected chi connectivity index (χ4v) is 2.87. The van der Waals surface area contributed by atoms with Gasteiger partial charge in [-0.25, -0.2) is 0 Å². The number of H-pyrrole nitrogens is 1. The number of hydrogen-bond acceptors (Lipinski definition) is 2. The molecule has 0 bridgehead atoms. The van der Waals surface area contributed by atoms with Crippen molar-refractivity contribution in [2.24, 2.45) is 0 Å². The van der Waals surface area contributed by atoms with Crippen LogP contribution < -0.4 is 0 Å². The molecule has 1 aliphatic heterocycles. The maximum atomic E-state index is 9.61. The van der Waals surface area contributed by atoms with Gasteiger partial charge >= 0.3 is 0 Å². The Kier molecular flexibility index (Phi) is 2.56. The van der Waals surface area contributed by atoms with Crippen LogP contribution in [-0.4, -0.2) is 28.6 Å². The third kappa shape index (κ3) is 1.80. The second-order valence-corrected chi connectivity index (χ2v) is 4.97. The van der Waals surface area contributed by atoms with E-state index in [1.807, 2.05) is 12.1 Å². The zero-order valence-electron chi connectivity index (χ0n) is 10.1. The summed E-state index contributed by atoms with van der Waals surface area (Å²) in [5.74, 6) is 0.344. The monoisotopic (exact) mass is 230 g/mol. The molecule has 1 aliphatic rings. The molecule has 0 aliphatic carbocycles. The number of hydrogen-bond donors (Lipinski definition) is 2. The van der Waals surface area contributed by atoms with Gasteiger partial charge in [0.05, 0.1) is 0 Å². The summed E-state index contributed by atoms with van der Waals surface area (Å²) in [7, 11) is 2.19. The van der Waals surface area contributed by atoms with Crippen molar-refractivity contribution in [1.29, 1.82) is 0 Å². The first-order chi connectivity index (χ1) is 8.25. The molecule has 3 heteroatoms. The molecule has 1 saturated heterocycles. The number of benzene rings is 1. The molecule has 2 heterocycles. The first-order valence-electron chi connectivity index (χ1n) is 6.26. The van der Waals surface area contributed by atoms with Crippen molar-refractivity contribution in [3.8, 4) is 5.75 Å². The lowest BCUT2D eigenvalue weighted by atomic mass is 9.95. The van der Waals surface area contributed by atoms with Crippen molar-refractivity contribution < 1.29 is 5.11 Å². The van der Waals surface area contributed by atoms with Gasteiger partial charge in [-0.05, 0) is 50.2 Å². The van der Waals surface area contributed by atoms with Crippen molar-refractivity contribution in [3.63, 3.8) is 0 Å². The Bertz CT molecular complexity index is 532. The van der Waals surface area contributed by atoms with Crippen LogP contribution in [0.1, 0.15) is 30.9 Å². The minimum Gasteiger partial charge on any atom is -0.508 e. The van der Waals surface area contributed by atoms with E-state index >= 15 is 0 Å². The zero-order valence-corrected chi connectivity index (χ0v) is 10.1. The number of phenolic OH excluding ortho intramolecular Hbond substituents is 1. The molecule has 0 radical (unpaired) electrons. The molecule has 2 aromatic rings. The van der Waals surface area contributed by atoms with Gasteiger partial charge in [0, 0.05) is 23.1 Å². The van der Waals surface area contributed by atoms with E-state index in [1.54, 1.807) is 6.07 Å². The van der Waals surface area contributed by atoms with Crippen molar-refractivity contribution in [1.82, 2.24) is 9.88 Å². The Hall–Kier alpha value is -1.48. The average molecular weight is 230 g/mol. The molecule has 0 amide bonds. The Balaban J connectivity index is 2.07. The van der Waals surface area contributed by atoms with E-state index in [0.29, 0.717) is 11.8 Å². The molecule has 0 saturated carbocycles. The van der Waals surface area contributed by atoms with Crippen LogP contribution in [-0.2, 0) is 0 Å². The summed E-state index contributed by atoms with van der Waals surface area (Å²) in [6.45, 7) is 1.16. The van der Waals surface area contributed by atoms with Gasteiger partial charge in [0.25, 0.3) is 0 Å². The Morgan fingerprint density at radius 1 is 1.35 bits per heavy atom. The molecule has 1 aromatic heterocycles. The number of aromatic hydroxyl groups is 1. The number of aromatic nitrogens is 1. The van der Waals surface area contributed by atoms with Gasteiger partial charge < -0.3 is 10.1 Å². The van der Waals surface area contributed by atoms with Crippen molar-refractivity contribution in [3.05, 3.63) is 30.0 Å². The van der Waals surface area contributed by atoms with E-state index in [9.17, 15) is 5.11 Å². The molecular weight excluding hydrogens is 212 g/mol. The minimum absolute atomic E-state index is 0.344. The van der Waals surface area contributed by atoms with Crippen LogP contribution in [0.15, 0.2) is 24.4 Å². The van der Waals surface area contributed by atoms with Gasteiger partial charge in [-0.2, -0.15) is 0 Å². The van der Waals surface area contributed by atoms with E-state index < -0.39 is 0 Å². The maximum Gasteiger partial charge on any atom is 0.116 e. The number of rotatable bonds is 1. The lowest BCUT2D eigenvalue weighted by Crippen LogP contribution is -2.29. The van der Waals surface area contributed by atoms with E-state index in [1.165, 1.54) is 24.8 Å². The van der Waals surface area contributed by atoms with E-state index in [2.05, 4.69) is 23.1 Å². The summed E-state index contributed by atoms with van der Waals surface area (Å²) < 4.78 is 0. The number of likely N-dealkylation sites (tertiary alicyclic amines) is 1. The van der Waals surface area contributed by atoms with Crippen molar-refractivity contribution in [2.75, 3.05) is 13.6 Å². The zero-order chi connectivity index (χ0) is 11.8. The molecule has 17 heavy (non-hydrogen) atoms. The van der Waals surface area contributed by atoms with Gasteiger partial charge in [-0.3, -0.25) is 4.90 Å². The fraction of sp³-hybridized carbons (Fsp3) is 0.429. The van der Waals surface area contributed by atoms with Crippen LogP contribution in [0, 0.1) is 0 Å². The molecule has 3 nitrogen and oxygen atoms in total. The number of nitrogens with zero attached hydrogens (tertiary/aromatic N) is 1. The second kappa shape index (κ2) is 4.08. The van der Waals surface area contributed by atoms with E-state index in [4.69, 9.17) is 0 Å². The van der Waals surface area contributed by atoms with Crippen molar-refractivity contribution in [2.45, 2.75) is 25.3 Å². The minimum atomic E-state index is 0.344. The Morgan fingerprint density at radius 2 is 2.24 bits per heavy atom. The highest BCUT2D eigenvalue weighted by molar-refractivity contribution is 5.85. The Labute approximate surface area is 101 Å². The maximum absolute atomic E-state index is 9.61. The summed E-state index contributed by atoms with van der Waals surface area (Å²) in [5, 5.41) is 10.8. The van der Waals surface area contributed by atoms with E-state index in [-0.39, 0.29) is 0 Å². The molecule has 2 N–H and O–H groups in total. The van der Waals surface area contributed by atoms with Gasteiger partial charge in [-0.1, -0.05) is 6.42 Å².